The molecule has 1 rings (SSSR count). The van der Waals surface area contributed by atoms with Gasteiger partial charge in [0.1, 0.15) is 18.7 Å². The van der Waals surface area contributed by atoms with Crippen LogP contribution in [0.2, 0.25) is 0 Å². The number of ether oxygens (including phenoxy) is 1. The average molecular weight is 363 g/mol. The fraction of sp³-hybridized carbons (Fsp3) is 0.389. The third-order valence-electron chi connectivity index (χ3n) is 3.46. The molecule has 0 bridgehead atoms. The van der Waals surface area contributed by atoms with Gasteiger partial charge in [0.05, 0.1) is 6.10 Å². The second kappa shape index (κ2) is 10.2. The van der Waals surface area contributed by atoms with Crippen molar-refractivity contribution in [3.8, 4) is 0 Å². The Kier molecular flexibility index (Phi) is 8.30. The number of carbonyl (C=O) groups is 3. The van der Waals surface area contributed by atoms with Gasteiger partial charge in [-0.2, -0.15) is 0 Å². The summed E-state index contributed by atoms with van der Waals surface area (Å²) in [5.41, 5.74) is 6.68. The highest BCUT2D eigenvalue weighted by Gasteiger charge is 2.29. The van der Waals surface area contributed by atoms with Crippen molar-refractivity contribution in [3.05, 3.63) is 48.0 Å². The van der Waals surface area contributed by atoms with Crippen molar-refractivity contribution in [1.82, 2.24) is 10.6 Å². The number of nitrogens with two attached hydrogens (primary N) is 1. The monoisotopic (exact) mass is 363 g/mol. The SMILES string of the molecule is C=C(C)C[C@H](NC(=O)[C@@H](NC(=O)OCc1ccccc1)[C@@H](C)O)C(N)=O. The van der Waals surface area contributed by atoms with E-state index in [-0.39, 0.29) is 13.0 Å². The molecule has 0 spiro atoms. The minimum absolute atomic E-state index is 0.0143. The van der Waals surface area contributed by atoms with Crippen molar-refractivity contribution >= 4 is 17.9 Å². The Hall–Kier alpha value is -2.87. The Labute approximate surface area is 152 Å². The lowest BCUT2D eigenvalue weighted by Gasteiger charge is -2.23. The summed E-state index contributed by atoms with van der Waals surface area (Å²) in [6.45, 7) is 6.70. The number of amides is 3. The number of rotatable bonds is 9. The summed E-state index contributed by atoms with van der Waals surface area (Å²) in [5, 5.41) is 14.5. The number of benzene rings is 1. The quantitative estimate of drug-likeness (QED) is 0.477. The molecule has 0 saturated heterocycles. The molecule has 0 aromatic heterocycles. The summed E-state index contributed by atoms with van der Waals surface area (Å²) >= 11 is 0. The summed E-state index contributed by atoms with van der Waals surface area (Å²) < 4.78 is 5.03. The first-order valence-electron chi connectivity index (χ1n) is 8.10. The Morgan fingerprint density at radius 1 is 1.23 bits per heavy atom. The highest BCUT2D eigenvalue weighted by Crippen LogP contribution is 2.04. The van der Waals surface area contributed by atoms with E-state index in [1.807, 2.05) is 6.07 Å². The zero-order chi connectivity index (χ0) is 19.7. The minimum Gasteiger partial charge on any atom is -0.445 e. The number of primary amides is 1. The largest absolute Gasteiger partial charge is 0.445 e. The molecular weight excluding hydrogens is 338 g/mol. The Bertz CT molecular complexity index is 645. The first-order chi connectivity index (χ1) is 12.2. The van der Waals surface area contributed by atoms with Gasteiger partial charge < -0.3 is 26.2 Å². The second-order valence-corrected chi connectivity index (χ2v) is 6.05. The van der Waals surface area contributed by atoms with E-state index in [1.165, 1.54) is 6.92 Å². The smallest absolute Gasteiger partial charge is 0.408 e. The second-order valence-electron chi connectivity index (χ2n) is 6.05. The topological polar surface area (TPSA) is 131 Å². The molecule has 0 aliphatic heterocycles. The van der Waals surface area contributed by atoms with Crippen LogP contribution in [0.15, 0.2) is 42.5 Å². The fourth-order valence-electron chi connectivity index (χ4n) is 2.13. The van der Waals surface area contributed by atoms with Gasteiger partial charge in [0.25, 0.3) is 0 Å². The van der Waals surface area contributed by atoms with E-state index in [9.17, 15) is 19.5 Å². The molecule has 0 fully saturated rings. The maximum atomic E-state index is 12.3. The molecule has 0 unspecified atom stereocenters. The van der Waals surface area contributed by atoms with Gasteiger partial charge in [-0.1, -0.05) is 35.9 Å². The number of hydrogen-bond donors (Lipinski definition) is 4. The van der Waals surface area contributed by atoms with Crippen molar-refractivity contribution in [3.63, 3.8) is 0 Å². The molecule has 8 heteroatoms. The average Bonchev–Trinajstić information content (AvgIpc) is 2.57. The van der Waals surface area contributed by atoms with Gasteiger partial charge in [-0.3, -0.25) is 9.59 Å². The lowest BCUT2D eigenvalue weighted by molar-refractivity contribution is -0.130. The first-order valence-corrected chi connectivity index (χ1v) is 8.10. The van der Waals surface area contributed by atoms with Crippen molar-refractivity contribution in [2.45, 2.75) is 45.1 Å². The molecule has 0 heterocycles. The molecule has 142 valence electrons. The van der Waals surface area contributed by atoms with Crippen LogP contribution in [0, 0.1) is 0 Å². The maximum Gasteiger partial charge on any atom is 0.408 e. The molecular formula is C18H25N3O5. The number of carbonyl (C=O) groups excluding carboxylic acids is 3. The minimum atomic E-state index is -1.30. The highest BCUT2D eigenvalue weighted by molar-refractivity contribution is 5.91. The molecule has 1 aromatic rings. The van der Waals surface area contributed by atoms with E-state index < -0.39 is 36.1 Å². The molecule has 1 aromatic carbocycles. The summed E-state index contributed by atoms with van der Waals surface area (Å²) in [7, 11) is 0. The van der Waals surface area contributed by atoms with Crippen molar-refractivity contribution < 1.29 is 24.2 Å². The van der Waals surface area contributed by atoms with Crippen LogP contribution in [0.4, 0.5) is 4.79 Å². The molecule has 3 amide bonds. The summed E-state index contributed by atoms with van der Waals surface area (Å²) in [5.74, 6) is -1.49. The van der Waals surface area contributed by atoms with E-state index in [1.54, 1.807) is 31.2 Å². The lowest BCUT2D eigenvalue weighted by Crippen LogP contribution is -2.56. The van der Waals surface area contributed by atoms with Crippen LogP contribution >= 0.6 is 0 Å². The number of aliphatic hydroxyl groups is 1. The number of nitrogens with one attached hydrogen (secondary N) is 2. The van der Waals surface area contributed by atoms with Gasteiger partial charge in [0, 0.05) is 0 Å². The van der Waals surface area contributed by atoms with E-state index in [4.69, 9.17) is 10.5 Å². The Balaban J connectivity index is 2.65. The van der Waals surface area contributed by atoms with Gasteiger partial charge in [0.2, 0.25) is 11.8 Å². The summed E-state index contributed by atoms with van der Waals surface area (Å²) in [4.78, 5) is 35.7. The molecule has 3 atom stereocenters. The lowest BCUT2D eigenvalue weighted by atomic mass is 10.1. The van der Waals surface area contributed by atoms with Gasteiger partial charge in [0.15, 0.2) is 0 Å². The Morgan fingerprint density at radius 2 is 1.85 bits per heavy atom. The van der Waals surface area contributed by atoms with E-state index >= 15 is 0 Å². The molecule has 0 aliphatic carbocycles. The van der Waals surface area contributed by atoms with Gasteiger partial charge in [-0.05, 0) is 25.8 Å². The van der Waals surface area contributed by atoms with Crippen LogP contribution in [0.5, 0.6) is 0 Å². The van der Waals surface area contributed by atoms with Crippen LogP contribution < -0.4 is 16.4 Å². The van der Waals surface area contributed by atoms with Crippen LogP contribution in [-0.2, 0) is 20.9 Å². The Morgan fingerprint density at radius 3 is 2.35 bits per heavy atom. The molecule has 0 aliphatic rings. The first kappa shape index (κ1) is 21.2. The zero-order valence-electron chi connectivity index (χ0n) is 14.9. The van der Waals surface area contributed by atoms with Gasteiger partial charge >= 0.3 is 6.09 Å². The summed E-state index contributed by atoms with van der Waals surface area (Å²) in [6.07, 6.45) is -1.92. The van der Waals surface area contributed by atoms with Crippen LogP contribution in [-0.4, -0.2) is 41.2 Å². The number of hydrogen-bond acceptors (Lipinski definition) is 5. The van der Waals surface area contributed by atoms with Crippen LogP contribution in [0.1, 0.15) is 25.8 Å². The molecule has 5 N–H and O–H groups in total. The third-order valence-corrected chi connectivity index (χ3v) is 3.46. The van der Waals surface area contributed by atoms with Crippen LogP contribution in [0.3, 0.4) is 0 Å². The molecule has 26 heavy (non-hydrogen) atoms. The number of aliphatic hydroxyl groups excluding tert-OH is 1. The van der Waals surface area contributed by atoms with Crippen molar-refractivity contribution in [2.24, 2.45) is 5.73 Å². The molecule has 0 radical (unpaired) electrons. The molecule has 0 saturated carbocycles. The van der Waals surface area contributed by atoms with Gasteiger partial charge in [-0.15, -0.1) is 6.58 Å². The standard InChI is InChI=1S/C18H25N3O5/c1-11(2)9-14(16(19)23)20-17(24)15(12(3)22)21-18(25)26-10-13-7-5-4-6-8-13/h4-8,12,14-15,22H,1,9-10H2,2-3H3,(H2,19,23)(H,20,24)(H,21,25)/t12-,14+,15+/m1/s1. The predicted molar refractivity (Wildman–Crippen MR) is 95.8 cm³/mol. The predicted octanol–water partition coefficient (Wildman–Crippen LogP) is 0.599. The summed E-state index contributed by atoms with van der Waals surface area (Å²) in [6, 6.07) is 6.70. The van der Waals surface area contributed by atoms with E-state index in [0.29, 0.717) is 5.57 Å². The van der Waals surface area contributed by atoms with Crippen molar-refractivity contribution in [1.29, 1.82) is 0 Å². The zero-order valence-corrected chi connectivity index (χ0v) is 14.9. The van der Waals surface area contributed by atoms with Crippen molar-refractivity contribution in [2.75, 3.05) is 0 Å². The van der Waals surface area contributed by atoms with E-state index in [0.717, 1.165) is 5.56 Å². The molecule has 8 nitrogen and oxygen atoms in total. The maximum absolute atomic E-state index is 12.3. The third kappa shape index (κ3) is 7.35. The van der Waals surface area contributed by atoms with Crippen LogP contribution in [0.25, 0.3) is 0 Å². The highest BCUT2D eigenvalue weighted by atomic mass is 16.5. The normalized spacial score (nSPS) is 13.8. The fourth-order valence-corrected chi connectivity index (χ4v) is 2.13. The number of alkyl carbamates (subject to hydrolysis) is 1. The van der Waals surface area contributed by atoms with E-state index in [2.05, 4.69) is 17.2 Å². The van der Waals surface area contributed by atoms with Gasteiger partial charge in [-0.25, -0.2) is 4.79 Å².